The van der Waals surface area contributed by atoms with Crippen LogP contribution in [0.15, 0.2) is 0 Å². The van der Waals surface area contributed by atoms with Gasteiger partial charge < -0.3 is 10.5 Å². The Kier molecular flexibility index (Phi) is 17.0. The fourth-order valence-corrected chi connectivity index (χ4v) is 0.534. The van der Waals surface area contributed by atoms with E-state index in [1.165, 1.54) is 12.8 Å². The number of ether oxygens (including phenoxy) is 1. The van der Waals surface area contributed by atoms with Crippen molar-refractivity contribution >= 4 is 29.6 Å². The Balaban J connectivity index is 0. The van der Waals surface area contributed by atoms with E-state index in [9.17, 15) is 0 Å². The van der Waals surface area contributed by atoms with E-state index in [0.29, 0.717) is 0 Å². The van der Waals surface area contributed by atoms with Crippen molar-refractivity contribution in [3.63, 3.8) is 0 Å². The van der Waals surface area contributed by atoms with Crippen LogP contribution in [0.1, 0.15) is 26.2 Å². The van der Waals surface area contributed by atoms with Gasteiger partial charge in [0.2, 0.25) is 0 Å². The molecule has 0 atom stereocenters. The molecule has 0 aliphatic rings. The summed E-state index contributed by atoms with van der Waals surface area (Å²) >= 11 is 0. The van der Waals surface area contributed by atoms with Crippen molar-refractivity contribution in [1.82, 2.24) is 0 Å². The molecule has 0 rings (SSSR count). The van der Waals surface area contributed by atoms with E-state index in [1.54, 1.807) is 0 Å². The Labute approximate surface area is 85.8 Å². The zero-order valence-corrected chi connectivity index (χ0v) is 9.23. The van der Waals surface area contributed by atoms with Crippen LogP contribution in [0, 0.1) is 0 Å². The summed E-state index contributed by atoms with van der Waals surface area (Å²) in [4.78, 5) is 0. The predicted molar refractivity (Wildman–Crippen MR) is 45.2 cm³/mol. The molecule has 0 amide bonds. The Hall–Kier alpha value is 0.920. The summed E-state index contributed by atoms with van der Waals surface area (Å²) in [7, 11) is 0. The van der Waals surface area contributed by atoms with E-state index in [-0.39, 0.29) is 29.6 Å². The topological polar surface area (TPSA) is 35.2 Å². The van der Waals surface area contributed by atoms with Gasteiger partial charge in [-0.05, 0) is 19.4 Å². The van der Waals surface area contributed by atoms with E-state index in [4.69, 9.17) is 10.5 Å². The second-order valence-corrected chi connectivity index (χ2v) is 2.11. The molecule has 0 spiro atoms. The molecule has 0 saturated carbocycles. The standard InChI is InChI=1S/C7H17NO.Na/c1-2-3-6-9-7-4-5-8;/h2-8H2,1H3;. The van der Waals surface area contributed by atoms with Crippen LogP contribution in [0.25, 0.3) is 0 Å². The van der Waals surface area contributed by atoms with Gasteiger partial charge in [-0.25, -0.2) is 0 Å². The molecule has 0 aromatic heterocycles. The van der Waals surface area contributed by atoms with Gasteiger partial charge in [-0.2, -0.15) is 0 Å². The molecule has 0 fully saturated rings. The molecule has 0 aliphatic heterocycles. The molecule has 10 heavy (non-hydrogen) atoms. The fraction of sp³-hybridized carbons (Fsp3) is 1.00. The Morgan fingerprint density at radius 1 is 1.20 bits per heavy atom. The molecule has 0 saturated heterocycles. The van der Waals surface area contributed by atoms with Crippen molar-refractivity contribution in [2.75, 3.05) is 19.8 Å². The van der Waals surface area contributed by atoms with Crippen molar-refractivity contribution in [2.45, 2.75) is 26.2 Å². The van der Waals surface area contributed by atoms with Crippen LogP contribution in [-0.2, 0) is 4.74 Å². The summed E-state index contributed by atoms with van der Waals surface area (Å²) in [6, 6.07) is 0. The third-order valence-electron chi connectivity index (χ3n) is 1.14. The summed E-state index contributed by atoms with van der Waals surface area (Å²) in [6.07, 6.45) is 3.37. The number of nitrogens with two attached hydrogens (primary N) is 1. The molecule has 0 aromatic rings. The van der Waals surface area contributed by atoms with Crippen LogP contribution >= 0.6 is 0 Å². The first-order valence-electron chi connectivity index (χ1n) is 3.69. The van der Waals surface area contributed by atoms with E-state index in [0.717, 1.165) is 26.2 Å². The molecule has 2 nitrogen and oxygen atoms in total. The molecule has 1 radical (unpaired) electrons. The minimum absolute atomic E-state index is 0. The zero-order valence-electron chi connectivity index (χ0n) is 7.23. The molecule has 0 bridgehead atoms. The predicted octanol–water partition coefficient (Wildman–Crippen LogP) is 0.771. The number of rotatable bonds is 6. The first-order valence-corrected chi connectivity index (χ1v) is 3.69. The number of hydrogen-bond acceptors (Lipinski definition) is 2. The average molecular weight is 154 g/mol. The van der Waals surface area contributed by atoms with Crippen LogP contribution in [-0.4, -0.2) is 49.3 Å². The van der Waals surface area contributed by atoms with Gasteiger partial charge in [-0.1, -0.05) is 13.3 Å². The maximum Gasteiger partial charge on any atom is 0.0478 e. The molecular formula is C7H17NNaO. The zero-order chi connectivity index (χ0) is 6.95. The van der Waals surface area contributed by atoms with Gasteiger partial charge in [0.1, 0.15) is 0 Å². The third kappa shape index (κ3) is 11.7. The monoisotopic (exact) mass is 154 g/mol. The van der Waals surface area contributed by atoms with E-state index in [1.807, 2.05) is 0 Å². The summed E-state index contributed by atoms with van der Waals surface area (Å²) in [5.74, 6) is 0. The molecule has 3 heteroatoms. The van der Waals surface area contributed by atoms with E-state index >= 15 is 0 Å². The Morgan fingerprint density at radius 3 is 2.30 bits per heavy atom. The van der Waals surface area contributed by atoms with Crippen molar-refractivity contribution in [3.05, 3.63) is 0 Å². The normalized spacial score (nSPS) is 9.00. The van der Waals surface area contributed by atoms with E-state index in [2.05, 4.69) is 6.92 Å². The first kappa shape index (κ1) is 13.5. The van der Waals surface area contributed by atoms with Crippen LogP contribution < -0.4 is 5.73 Å². The minimum atomic E-state index is 0. The summed E-state index contributed by atoms with van der Waals surface area (Å²) < 4.78 is 5.23. The molecule has 0 unspecified atom stereocenters. The van der Waals surface area contributed by atoms with Gasteiger partial charge in [-0.3, -0.25) is 0 Å². The maximum atomic E-state index is 5.26. The van der Waals surface area contributed by atoms with Gasteiger partial charge in [0.25, 0.3) is 0 Å². The van der Waals surface area contributed by atoms with Gasteiger partial charge in [0, 0.05) is 42.8 Å². The largest absolute Gasteiger partial charge is 0.381 e. The van der Waals surface area contributed by atoms with Crippen LogP contribution in [0.2, 0.25) is 0 Å². The van der Waals surface area contributed by atoms with Gasteiger partial charge in [0.05, 0.1) is 0 Å². The van der Waals surface area contributed by atoms with Crippen LogP contribution in [0.3, 0.4) is 0 Å². The smallest absolute Gasteiger partial charge is 0.0478 e. The second kappa shape index (κ2) is 12.6. The summed E-state index contributed by atoms with van der Waals surface area (Å²) in [6.45, 7) is 4.63. The van der Waals surface area contributed by atoms with Crippen LogP contribution in [0.5, 0.6) is 0 Å². The molecule has 57 valence electrons. The van der Waals surface area contributed by atoms with Gasteiger partial charge in [0.15, 0.2) is 0 Å². The second-order valence-electron chi connectivity index (χ2n) is 2.11. The number of unbranched alkanes of at least 4 members (excludes halogenated alkanes) is 1. The third-order valence-corrected chi connectivity index (χ3v) is 1.14. The summed E-state index contributed by atoms with van der Waals surface area (Å²) in [5.41, 5.74) is 5.26. The fourth-order valence-electron chi connectivity index (χ4n) is 0.534. The molecule has 2 N–H and O–H groups in total. The summed E-state index contributed by atoms with van der Waals surface area (Å²) in [5, 5.41) is 0. The van der Waals surface area contributed by atoms with Crippen molar-refractivity contribution in [3.8, 4) is 0 Å². The first-order chi connectivity index (χ1) is 4.41. The average Bonchev–Trinajstić information content (AvgIpc) is 1.89. The molecule has 0 aliphatic carbocycles. The Morgan fingerprint density at radius 2 is 1.80 bits per heavy atom. The van der Waals surface area contributed by atoms with Gasteiger partial charge in [-0.15, -0.1) is 0 Å². The molecule has 0 heterocycles. The van der Waals surface area contributed by atoms with E-state index < -0.39 is 0 Å². The molecular weight excluding hydrogens is 137 g/mol. The minimum Gasteiger partial charge on any atom is -0.381 e. The maximum absolute atomic E-state index is 5.26. The Bertz CT molecular complexity index is 46.9. The van der Waals surface area contributed by atoms with Crippen molar-refractivity contribution in [1.29, 1.82) is 0 Å². The molecule has 0 aromatic carbocycles. The van der Waals surface area contributed by atoms with Crippen molar-refractivity contribution < 1.29 is 4.74 Å². The quantitative estimate of drug-likeness (QED) is 0.453. The SMILES string of the molecule is CCCCOCCCN.[Na]. The van der Waals surface area contributed by atoms with Crippen molar-refractivity contribution in [2.24, 2.45) is 5.73 Å². The van der Waals surface area contributed by atoms with Crippen LogP contribution in [0.4, 0.5) is 0 Å². The van der Waals surface area contributed by atoms with Gasteiger partial charge >= 0.3 is 0 Å². The number of hydrogen-bond donors (Lipinski definition) is 1.